The second-order valence-electron chi connectivity index (χ2n) is 7.69. The number of nitrogens with zero attached hydrogens (tertiary/aromatic N) is 3. The van der Waals surface area contributed by atoms with Gasteiger partial charge in [-0.1, -0.05) is 29.9 Å². The molecule has 1 saturated heterocycles. The van der Waals surface area contributed by atoms with E-state index in [1.54, 1.807) is 29.2 Å². The zero-order valence-corrected chi connectivity index (χ0v) is 19.1. The van der Waals surface area contributed by atoms with Crippen molar-refractivity contribution < 1.29 is 14.4 Å². The smallest absolute Gasteiger partial charge is 0.286 e. The molecule has 0 aliphatic carbocycles. The Labute approximate surface area is 190 Å². The molecule has 1 aliphatic rings. The predicted molar refractivity (Wildman–Crippen MR) is 120 cm³/mol. The second-order valence-corrected chi connectivity index (χ2v) is 9.10. The largest absolute Gasteiger partial charge is 0.354 e. The van der Waals surface area contributed by atoms with E-state index < -0.39 is 5.91 Å². The number of carbonyl (C=O) groups is 3. The summed E-state index contributed by atoms with van der Waals surface area (Å²) >= 11 is 6.81. The SMILES string of the molecule is CC[C@H](C)NC(=O)CC1CCN(C(=O)c2nnc(C(=O)Nc3ccc(Cl)cc3)s2)CC1. The van der Waals surface area contributed by atoms with Gasteiger partial charge in [-0.2, -0.15) is 0 Å². The molecular weight excluding hydrogens is 438 g/mol. The first kappa shape index (κ1) is 23.1. The Morgan fingerprint density at radius 1 is 1.16 bits per heavy atom. The van der Waals surface area contributed by atoms with Crippen LogP contribution in [0.1, 0.15) is 59.1 Å². The van der Waals surface area contributed by atoms with Crippen molar-refractivity contribution in [2.24, 2.45) is 5.92 Å². The Bertz CT molecular complexity index is 925. The highest BCUT2D eigenvalue weighted by molar-refractivity contribution is 7.15. The number of likely N-dealkylation sites (tertiary alicyclic amines) is 1. The van der Waals surface area contributed by atoms with Gasteiger partial charge in [0.25, 0.3) is 11.8 Å². The first-order valence-electron chi connectivity index (χ1n) is 10.3. The third-order valence-corrected chi connectivity index (χ3v) is 6.46. The van der Waals surface area contributed by atoms with Crippen LogP contribution in [0, 0.1) is 5.92 Å². The van der Waals surface area contributed by atoms with E-state index in [1.807, 2.05) is 13.8 Å². The van der Waals surface area contributed by atoms with Crippen molar-refractivity contribution >= 4 is 46.3 Å². The Morgan fingerprint density at radius 2 is 1.81 bits per heavy atom. The van der Waals surface area contributed by atoms with Gasteiger partial charge in [0.15, 0.2) is 0 Å². The van der Waals surface area contributed by atoms with Crippen LogP contribution in [0.5, 0.6) is 0 Å². The van der Waals surface area contributed by atoms with Gasteiger partial charge < -0.3 is 15.5 Å². The standard InChI is InChI=1S/C21H26ClN5O3S/c1-3-13(2)23-17(28)12-14-8-10-27(11-9-14)21(30)20-26-25-19(31-20)18(29)24-16-6-4-15(22)5-7-16/h4-7,13-14H,3,8-12H2,1-2H3,(H,23,28)(H,24,29)/t13-/m0/s1. The van der Waals surface area contributed by atoms with Crippen LogP contribution in [0.4, 0.5) is 5.69 Å². The van der Waals surface area contributed by atoms with Gasteiger partial charge in [-0.3, -0.25) is 14.4 Å². The molecule has 1 aromatic heterocycles. The van der Waals surface area contributed by atoms with Crippen molar-refractivity contribution in [1.29, 1.82) is 0 Å². The third kappa shape index (κ3) is 6.48. The number of piperidine rings is 1. The summed E-state index contributed by atoms with van der Waals surface area (Å²) in [6.07, 6.45) is 2.92. The quantitative estimate of drug-likeness (QED) is 0.652. The lowest BCUT2D eigenvalue weighted by molar-refractivity contribution is -0.122. The van der Waals surface area contributed by atoms with Crippen molar-refractivity contribution in [2.75, 3.05) is 18.4 Å². The number of anilines is 1. The summed E-state index contributed by atoms with van der Waals surface area (Å²) in [7, 11) is 0. The van der Waals surface area contributed by atoms with Gasteiger partial charge >= 0.3 is 0 Å². The molecule has 0 radical (unpaired) electrons. The van der Waals surface area contributed by atoms with Gasteiger partial charge in [-0.05, 0) is 56.4 Å². The zero-order chi connectivity index (χ0) is 22.4. The van der Waals surface area contributed by atoms with Crippen molar-refractivity contribution in [1.82, 2.24) is 20.4 Å². The van der Waals surface area contributed by atoms with E-state index in [4.69, 9.17) is 11.6 Å². The Kier molecular flexibility index (Phi) is 7.97. The van der Waals surface area contributed by atoms with Gasteiger partial charge in [0.05, 0.1) is 0 Å². The average molecular weight is 464 g/mol. The van der Waals surface area contributed by atoms with E-state index in [2.05, 4.69) is 20.8 Å². The van der Waals surface area contributed by atoms with Crippen molar-refractivity contribution in [3.63, 3.8) is 0 Å². The van der Waals surface area contributed by atoms with E-state index in [0.29, 0.717) is 30.2 Å². The molecule has 166 valence electrons. The minimum Gasteiger partial charge on any atom is -0.354 e. The number of rotatable bonds is 7. The van der Waals surface area contributed by atoms with Gasteiger partial charge in [0.2, 0.25) is 15.9 Å². The van der Waals surface area contributed by atoms with Crippen LogP contribution >= 0.6 is 22.9 Å². The summed E-state index contributed by atoms with van der Waals surface area (Å²) in [5.74, 6) is -0.321. The van der Waals surface area contributed by atoms with E-state index in [1.165, 1.54) is 0 Å². The van der Waals surface area contributed by atoms with Crippen LogP contribution in [0.2, 0.25) is 5.02 Å². The van der Waals surface area contributed by atoms with Gasteiger partial charge in [0.1, 0.15) is 0 Å². The summed E-state index contributed by atoms with van der Waals surface area (Å²) < 4.78 is 0. The lowest BCUT2D eigenvalue weighted by atomic mass is 9.93. The first-order valence-corrected chi connectivity index (χ1v) is 11.5. The van der Waals surface area contributed by atoms with Crippen LogP contribution in [0.3, 0.4) is 0 Å². The second kappa shape index (κ2) is 10.7. The van der Waals surface area contributed by atoms with Gasteiger partial charge in [0, 0.05) is 36.3 Å². The summed E-state index contributed by atoms with van der Waals surface area (Å²) in [4.78, 5) is 38.9. The Morgan fingerprint density at radius 3 is 2.45 bits per heavy atom. The normalized spacial score (nSPS) is 15.4. The number of hydrogen-bond donors (Lipinski definition) is 2. The molecule has 1 fully saturated rings. The molecule has 10 heteroatoms. The number of benzene rings is 1. The maximum atomic E-state index is 12.8. The maximum Gasteiger partial charge on any atom is 0.286 e. The van der Waals surface area contributed by atoms with Crippen molar-refractivity contribution in [3.05, 3.63) is 39.3 Å². The van der Waals surface area contributed by atoms with Gasteiger partial charge in [-0.25, -0.2) is 0 Å². The molecule has 0 spiro atoms. The van der Waals surface area contributed by atoms with Crippen LogP contribution in [0.25, 0.3) is 0 Å². The van der Waals surface area contributed by atoms with E-state index >= 15 is 0 Å². The molecule has 8 nitrogen and oxygen atoms in total. The maximum absolute atomic E-state index is 12.8. The lowest BCUT2D eigenvalue weighted by Crippen LogP contribution is -2.40. The fourth-order valence-electron chi connectivity index (χ4n) is 3.29. The highest BCUT2D eigenvalue weighted by atomic mass is 35.5. The highest BCUT2D eigenvalue weighted by Gasteiger charge is 2.28. The molecule has 1 aliphatic heterocycles. The monoisotopic (exact) mass is 463 g/mol. The predicted octanol–water partition coefficient (Wildman–Crippen LogP) is 3.60. The number of halogens is 1. The summed E-state index contributed by atoms with van der Waals surface area (Å²) in [6.45, 7) is 5.15. The molecule has 0 unspecified atom stereocenters. The van der Waals surface area contributed by atoms with E-state index in [0.717, 1.165) is 30.6 Å². The molecule has 1 atom stereocenters. The Hall–Kier alpha value is -2.52. The minimum absolute atomic E-state index is 0.0691. The fourth-order valence-corrected chi connectivity index (χ4v) is 4.13. The minimum atomic E-state index is -0.426. The molecule has 2 N–H and O–H groups in total. The molecule has 31 heavy (non-hydrogen) atoms. The zero-order valence-electron chi connectivity index (χ0n) is 17.6. The molecule has 0 bridgehead atoms. The Balaban J connectivity index is 1.50. The molecule has 0 saturated carbocycles. The number of nitrogens with one attached hydrogen (secondary N) is 2. The highest BCUT2D eigenvalue weighted by Crippen LogP contribution is 2.23. The van der Waals surface area contributed by atoms with Crippen molar-refractivity contribution in [2.45, 2.75) is 45.6 Å². The molecular formula is C21H26ClN5O3S. The van der Waals surface area contributed by atoms with Gasteiger partial charge in [-0.15, -0.1) is 10.2 Å². The number of carbonyl (C=O) groups excluding carboxylic acids is 3. The molecule has 2 heterocycles. The molecule has 2 aromatic rings. The fraction of sp³-hybridized carbons (Fsp3) is 0.476. The third-order valence-electron chi connectivity index (χ3n) is 5.30. The van der Waals surface area contributed by atoms with Crippen LogP contribution < -0.4 is 10.6 Å². The average Bonchev–Trinajstić information content (AvgIpc) is 3.25. The van der Waals surface area contributed by atoms with Crippen LogP contribution in [-0.2, 0) is 4.79 Å². The van der Waals surface area contributed by atoms with Crippen molar-refractivity contribution in [3.8, 4) is 0 Å². The summed E-state index contributed by atoms with van der Waals surface area (Å²) in [5, 5.41) is 14.4. The van der Waals surface area contributed by atoms with Crippen LogP contribution in [0.15, 0.2) is 24.3 Å². The lowest BCUT2D eigenvalue weighted by Gasteiger charge is -2.31. The number of aromatic nitrogens is 2. The molecule has 3 rings (SSSR count). The number of hydrogen-bond acceptors (Lipinski definition) is 6. The molecule has 3 amide bonds. The summed E-state index contributed by atoms with van der Waals surface area (Å²) in [6, 6.07) is 6.88. The number of amides is 3. The summed E-state index contributed by atoms with van der Waals surface area (Å²) in [5.41, 5.74) is 0.580. The first-order chi connectivity index (χ1) is 14.9. The van der Waals surface area contributed by atoms with E-state index in [9.17, 15) is 14.4 Å². The topological polar surface area (TPSA) is 104 Å². The molecule has 1 aromatic carbocycles. The van der Waals surface area contributed by atoms with E-state index in [-0.39, 0.29) is 33.8 Å². The van der Waals surface area contributed by atoms with Crippen LogP contribution in [-0.4, -0.2) is 52.0 Å².